The molecule has 0 N–H and O–H groups in total. The van der Waals surface area contributed by atoms with Crippen molar-refractivity contribution < 1.29 is 9.53 Å². The molecule has 0 bridgehead atoms. The van der Waals surface area contributed by atoms with Crippen LogP contribution in [0.15, 0.2) is 61.7 Å². The van der Waals surface area contributed by atoms with Crippen molar-refractivity contribution in [1.29, 1.82) is 0 Å². The van der Waals surface area contributed by atoms with E-state index < -0.39 is 0 Å². The zero-order valence-electron chi connectivity index (χ0n) is 14.7. The second-order valence-corrected chi connectivity index (χ2v) is 6.53. The Bertz CT molecular complexity index is 850. The van der Waals surface area contributed by atoms with E-state index in [0.717, 1.165) is 16.9 Å². The fourth-order valence-electron chi connectivity index (χ4n) is 3.47. The van der Waals surface area contributed by atoms with E-state index in [1.54, 1.807) is 13.2 Å². The quantitative estimate of drug-likeness (QED) is 0.502. The summed E-state index contributed by atoms with van der Waals surface area (Å²) in [6.45, 7) is 7.73. The number of rotatable bonds is 7. The Hall–Kier alpha value is -2.59. The number of methoxy groups -OCH3 is 1. The number of ether oxygens (including phenoxy) is 1. The number of hydrogen-bond acceptors (Lipinski definition) is 3. The second kappa shape index (κ2) is 7.75. The lowest BCUT2D eigenvalue weighted by Gasteiger charge is -2.33. The summed E-state index contributed by atoms with van der Waals surface area (Å²) in [5.74, 6) is 0.631. The van der Waals surface area contributed by atoms with Gasteiger partial charge in [-0.2, -0.15) is 0 Å². The summed E-state index contributed by atoms with van der Waals surface area (Å²) in [7, 11) is 1.63. The molecule has 26 heavy (non-hydrogen) atoms. The molecule has 0 aliphatic carbocycles. The van der Waals surface area contributed by atoms with E-state index in [0.29, 0.717) is 23.7 Å². The molecule has 1 aromatic carbocycles. The normalized spacial score (nSPS) is 16.9. The molecule has 134 valence electrons. The topological polar surface area (TPSA) is 42.4 Å². The molecule has 1 aromatic heterocycles. The summed E-state index contributed by atoms with van der Waals surface area (Å²) in [4.78, 5) is 19.3. The highest BCUT2D eigenvalue weighted by molar-refractivity contribution is 6.29. The van der Waals surface area contributed by atoms with Gasteiger partial charge in [0.15, 0.2) is 0 Å². The van der Waals surface area contributed by atoms with Gasteiger partial charge >= 0.3 is 0 Å². The van der Waals surface area contributed by atoms with Crippen molar-refractivity contribution in [2.75, 3.05) is 7.11 Å². The maximum Gasteiger partial charge on any atom is 0.273 e. The second-order valence-electron chi connectivity index (χ2n) is 6.14. The van der Waals surface area contributed by atoms with E-state index in [1.807, 2.05) is 47.4 Å². The maximum absolute atomic E-state index is 13.2. The summed E-state index contributed by atoms with van der Waals surface area (Å²) in [5.41, 5.74) is 2.29. The van der Waals surface area contributed by atoms with Gasteiger partial charge in [-0.15, -0.1) is 13.2 Å². The summed E-state index contributed by atoms with van der Waals surface area (Å²) >= 11 is 6.02. The Labute approximate surface area is 158 Å². The van der Waals surface area contributed by atoms with Crippen LogP contribution in [0.2, 0.25) is 5.15 Å². The molecule has 1 aliphatic heterocycles. The number of hydrogen-bond donors (Lipinski definition) is 0. The first-order chi connectivity index (χ1) is 12.6. The van der Waals surface area contributed by atoms with Gasteiger partial charge in [0, 0.05) is 5.56 Å². The van der Waals surface area contributed by atoms with Crippen LogP contribution in [0, 0.1) is 0 Å². The van der Waals surface area contributed by atoms with Crippen LogP contribution in [0.25, 0.3) is 0 Å². The predicted molar refractivity (Wildman–Crippen MR) is 104 cm³/mol. The van der Waals surface area contributed by atoms with Crippen LogP contribution < -0.4 is 4.74 Å². The first kappa shape index (κ1) is 18.2. The number of amides is 1. The molecular formula is C21H21ClN2O2. The molecule has 0 saturated heterocycles. The molecule has 4 nitrogen and oxygen atoms in total. The summed E-state index contributed by atoms with van der Waals surface area (Å²) in [6.07, 6.45) is 4.91. The highest BCUT2D eigenvalue weighted by atomic mass is 35.5. The van der Waals surface area contributed by atoms with Crippen molar-refractivity contribution in [3.8, 4) is 5.75 Å². The van der Waals surface area contributed by atoms with Gasteiger partial charge in [0.25, 0.3) is 5.91 Å². The van der Waals surface area contributed by atoms with Crippen molar-refractivity contribution in [2.24, 2.45) is 0 Å². The Morgan fingerprint density at radius 1 is 1.31 bits per heavy atom. The molecule has 2 heterocycles. The highest BCUT2D eigenvalue weighted by Crippen LogP contribution is 2.43. The Balaban J connectivity index is 2.09. The number of carbonyl (C=O) groups is 1. The number of nitrogens with zero attached hydrogens (tertiary/aromatic N) is 2. The Kier molecular flexibility index (Phi) is 5.43. The van der Waals surface area contributed by atoms with Crippen LogP contribution in [0.3, 0.4) is 0 Å². The third-order valence-corrected chi connectivity index (χ3v) is 4.83. The van der Waals surface area contributed by atoms with Crippen molar-refractivity contribution >= 4 is 17.5 Å². The zero-order chi connectivity index (χ0) is 18.7. The third kappa shape index (κ3) is 3.25. The number of benzene rings is 1. The minimum atomic E-state index is -0.173. The van der Waals surface area contributed by atoms with Gasteiger partial charge in [-0.25, -0.2) is 4.98 Å². The van der Waals surface area contributed by atoms with E-state index in [2.05, 4.69) is 18.1 Å². The molecule has 2 unspecified atom stereocenters. The van der Waals surface area contributed by atoms with Crippen molar-refractivity contribution in [2.45, 2.75) is 24.9 Å². The minimum absolute atomic E-state index is 0.121. The summed E-state index contributed by atoms with van der Waals surface area (Å²) < 4.78 is 5.35. The van der Waals surface area contributed by atoms with E-state index in [1.165, 1.54) is 0 Å². The molecular weight excluding hydrogens is 348 g/mol. The predicted octanol–water partition coefficient (Wildman–Crippen LogP) is 5.13. The van der Waals surface area contributed by atoms with Crippen LogP contribution in [-0.2, 0) is 0 Å². The van der Waals surface area contributed by atoms with Gasteiger partial charge < -0.3 is 9.64 Å². The molecule has 5 heteroatoms. The third-order valence-electron chi connectivity index (χ3n) is 4.62. The maximum atomic E-state index is 13.2. The minimum Gasteiger partial charge on any atom is -0.497 e. The van der Waals surface area contributed by atoms with E-state index >= 15 is 0 Å². The number of aromatic nitrogens is 1. The molecule has 2 atom stereocenters. The van der Waals surface area contributed by atoms with E-state index in [9.17, 15) is 4.79 Å². The van der Waals surface area contributed by atoms with Gasteiger partial charge in [0.2, 0.25) is 0 Å². The van der Waals surface area contributed by atoms with Crippen molar-refractivity contribution in [3.05, 3.63) is 83.7 Å². The Morgan fingerprint density at radius 3 is 2.81 bits per heavy atom. The first-order valence-corrected chi connectivity index (χ1v) is 8.83. The first-order valence-electron chi connectivity index (χ1n) is 8.45. The lowest BCUT2D eigenvalue weighted by molar-refractivity contribution is 0.0623. The molecule has 0 spiro atoms. The molecule has 0 fully saturated rings. The molecule has 0 saturated carbocycles. The van der Waals surface area contributed by atoms with Gasteiger partial charge in [0.05, 0.1) is 19.2 Å². The number of fused-ring (bicyclic) bond motifs is 1. The van der Waals surface area contributed by atoms with Crippen LogP contribution >= 0.6 is 11.6 Å². The average molecular weight is 369 g/mol. The summed E-state index contributed by atoms with van der Waals surface area (Å²) in [5, 5.41) is 0.318. The Morgan fingerprint density at radius 2 is 2.12 bits per heavy atom. The number of pyridine rings is 1. The van der Waals surface area contributed by atoms with Crippen LogP contribution in [0.5, 0.6) is 5.75 Å². The molecule has 1 amide bonds. The van der Waals surface area contributed by atoms with Gasteiger partial charge in [-0.05, 0) is 36.6 Å². The summed E-state index contributed by atoms with van der Waals surface area (Å²) in [6, 6.07) is 11.1. The lowest BCUT2D eigenvalue weighted by Crippen LogP contribution is -2.32. The van der Waals surface area contributed by atoms with Gasteiger partial charge in [0.1, 0.15) is 16.6 Å². The molecule has 2 aromatic rings. The van der Waals surface area contributed by atoms with Crippen LogP contribution in [-0.4, -0.2) is 22.9 Å². The average Bonchev–Trinajstić information content (AvgIpc) is 2.92. The zero-order valence-corrected chi connectivity index (χ0v) is 15.4. The van der Waals surface area contributed by atoms with Crippen molar-refractivity contribution in [1.82, 2.24) is 9.88 Å². The van der Waals surface area contributed by atoms with Gasteiger partial charge in [-0.3, -0.25) is 4.79 Å². The fraction of sp³-hybridized carbons (Fsp3) is 0.238. The standard InChI is InChI=1S/C21H21ClN2O2/c1-4-7-17(14-9-6-10-15(13-14)26-3)24-18(8-5-2)16-11-12-19(22)23-20(16)21(24)25/h4-6,9-13,17-18H,1-2,7-8H2,3H3. The van der Waals surface area contributed by atoms with E-state index in [4.69, 9.17) is 16.3 Å². The number of carbonyl (C=O) groups excluding carboxylic acids is 1. The SMILES string of the molecule is C=CCC(c1cccc(OC)c1)N1C(=O)c2nc(Cl)ccc2C1CC=C. The fourth-order valence-corrected chi connectivity index (χ4v) is 3.62. The molecule has 1 aliphatic rings. The largest absolute Gasteiger partial charge is 0.497 e. The van der Waals surface area contributed by atoms with Gasteiger partial charge in [-0.1, -0.05) is 42.0 Å². The smallest absolute Gasteiger partial charge is 0.273 e. The van der Waals surface area contributed by atoms with Crippen molar-refractivity contribution in [3.63, 3.8) is 0 Å². The monoisotopic (exact) mass is 368 g/mol. The lowest BCUT2D eigenvalue weighted by atomic mass is 9.98. The molecule has 0 radical (unpaired) electrons. The van der Waals surface area contributed by atoms with Crippen LogP contribution in [0.4, 0.5) is 0 Å². The highest BCUT2D eigenvalue weighted by Gasteiger charge is 2.41. The van der Waals surface area contributed by atoms with Crippen LogP contribution in [0.1, 0.15) is 46.5 Å². The number of halogens is 1. The van der Waals surface area contributed by atoms with E-state index in [-0.39, 0.29) is 18.0 Å². The molecule has 3 rings (SSSR count).